The Labute approximate surface area is 226 Å². The van der Waals surface area contributed by atoms with E-state index in [1.165, 1.54) is 4.90 Å². The summed E-state index contributed by atoms with van der Waals surface area (Å²) in [6.45, 7) is 0.466. The molecule has 2 aliphatic rings. The van der Waals surface area contributed by atoms with Gasteiger partial charge >= 0.3 is 0 Å². The van der Waals surface area contributed by atoms with E-state index >= 15 is 0 Å². The second-order valence-corrected chi connectivity index (χ2v) is 9.79. The number of rotatable bonds is 8. The van der Waals surface area contributed by atoms with Gasteiger partial charge in [-0.1, -0.05) is 61.2 Å². The molecule has 1 saturated carbocycles. The van der Waals surface area contributed by atoms with Crippen LogP contribution in [0.25, 0.3) is 0 Å². The molecule has 0 bridgehead atoms. The summed E-state index contributed by atoms with van der Waals surface area (Å²) in [5.74, 6) is -0.414. The summed E-state index contributed by atoms with van der Waals surface area (Å²) in [4.78, 5) is 39.7. The number of anilines is 2. The molecule has 1 aliphatic carbocycles. The molecular weight excluding hydrogens is 502 g/mol. The zero-order valence-corrected chi connectivity index (χ0v) is 21.5. The van der Waals surface area contributed by atoms with Crippen molar-refractivity contribution in [2.45, 2.75) is 44.8 Å². The van der Waals surface area contributed by atoms with Crippen LogP contribution < -0.4 is 15.4 Å². The van der Waals surface area contributed by atoms with Crippen molar-refractivity contribution in [2.24, 2.45) is 0 Å². The largest absolute Gasteiger partial charge is 0.489 e. The topological polar surface area (TPSA) is 87.7 Å². The minimum absolute atomic E-state index is 0.0778. The van der Waals surface area contributed by atoms with Crippen LogP contribution in [0.2, 0.25) is 0 Å². The Kier molecular flexibility index (Phi) is 7.75. The molecule has 3 aromatic rings. The van der Waals surface area contributed by atoms with Gasteiger partial charge in [-0.2, -0.15) is 0 Å². The molecule has 3 amide bonds. The Morgan fingerprint density at radius 1 is 0.842 bits per heavy atom. The van der Waals surface area contributed by atoms with Crippen LogP contribution >= 0.6 is 11.6 Å². The van der Waals surface area contributed by atoms with Crippen molar-refractivity contribution >= 4 is 40.7 Å². The van der Waals surface area contributed by atoms with Crippen molar-refractivity contribution in [1.29, 1.82) is 0 Å². The summed E-state index contributed by atoms with van der Waals surface area (Å²) in [7, 11) is 0. The Hall–Kier alpha value is -4.10. The molecule has 1 fully saturated rings. The summed E-state index contributed by atoms with van der Waals surface area (Å²) in [6.07, 6.45) is 4.73. The standard InChI is InChI=1S/C30H28ClN3O4/c31-26-27(30(37)34(29(26)36)24-9-5-2-6-10-24)32-22-13-11-21(12-14-22)28(35)33-23-15-17-25(18-16-23)38-19-20-7-3-1-4-8-20/h1,3-4,7-8,11-18,24,32H,2,5-6,9-10,19H2,(H,33,35). The van der Waals surface area contributed by atoms with E-state index in [1.54, 1.807) is 48.5 Å². The first kappa shape index (κ1) is 25.5. The molecule has 0 aromatic heterocycles. The fourth-order valence-corrected chi connectivity index (χ4v) is 4.95. The number of ether oxygens (including phenoxy) is 1. The lowest BCUT2D eigenvalue weighted by Crippen LogP contribution is -2.42. The zero-order chi connectivity index (χ0) is 26.5. The molecule has 0 unspecified atom stereocenters. The van der Waals surface area contributed by atoms with Crippen LogP contribution in [-0.4, -0.2) is 28.7 Å². The molecule has 7 nitrogen and oxygen atoms in total. The Balaban J connectivity index is 1.17. The molecule has 2 N–H and O–H groups in total. The smallest absolute Gasteiger partial charge is 0.279 e. The van der Waals surface area contributed by atoms with Crippen LogP contribution in [0.4, 0.5) is 11.4 Å². The average molecular weight is 530 g/mol. The molecule has 0 radical (unpaired) electrons. The van der Waals surface area contributed by atoms with Gasteiger partial charge in [0.25, 0.3) is 17.7 Å². The van der Waals surface area contributed by atoms with E-state index in [0.29, 0.717) is 29.3 Å². The second-order valence-electron chi connectivity index (χ2n) is 9.42. The van der Waals surface area contributed by atoms with Gasteiger partial charge in [-0.25, -0.2) is 0 Å². The number of hydrogen-bond donors (Lipinski definition) is 2. The highest BCUT2D eigenvalue weighted by molar-refractivity contribution is 6.48. The maximum absolute atomic E-state index is 13.0. The maximum atomic E-state index is 13.0. The number of halogens is 1. The second kappa shape index (κ2) is 11.5. The lowest BCUT2D eigenvalue weighted by Gasteiger charge is -2.29. The molecule has 8 heteroatoms. The average Bonchev–Trinajstić information content (AvgIpc) is 3.17. The fourth-order valence-electron chi connectivity index (χ4n) is 4.73. The first-order valence-corrected chi connectivity index (χ1v) is 13.1. The molecule has 0 spiro atoms. The number of hydrogen-bond acceptors (Lipinski definition) is 5. The number of amides is 3. The maximum Gasteiger partial charge on any atom is 0.279 e. The van der Waals surface area contributed by atoms with E-state index in [0.717, 1.165) is 37.7 Å². The predicted molar refractivity (Wildman–Crippen MR) is 147 cm³/mol. The quantitative estimate of drug-likeness (QED) is 0.345. The minimum Gasteiger partial charge on any atom is -0.489 e. The van der Waals surface area contributed by atoms with Crippen molar-refractivity contribution < 1.29 is 19.1 Å². The van der Waals surface area contributed by atoms with Crippen LogP contribution in [0, 0.1) is 0 Å². The monoisotopic (exact) mass is 529 g/mol. The fraction of sp³-hybridized carbons (Fsp3) is 0.233. The SMILES string of the molecule is O=C(Nc1ccc(OCc2ccccc2)cc1)c1ccc(NC2=C(Cl)C(=O)N(C3CCCCC3)C2=O)cc1. The number of nitrogens with one attached hydrogen (secondary N) is 2. The minimum atomic E-state index is -0.446. The third kappa shape index (κ3) is 5.73. The van der Waals surface area contributed by atoms with E-state index in [1.807, 2.05) is 30.3 Å². The molecule has 3 aromatic carbocycles. The van der Waals surface area contributed by atoms with Gasteiger partial charge in [0.2, 0.25) is 0 Å². The Bertz CT molecular complexity index is 1350. The van der Waals surface area contributed by atoms with Gasteiger partial charge in [0.15, 0.2) is 0 Å². The Morgan fingerprint density at radius 3 is 2.18 bits per heavy atom. The van der Waals surface area contributed by atoms with Crippen molar-refractivity contribution in [3.05, 3.63) is 101 Å². The van der Waals surface area contributed by atoms with Gasteiger partial charge in [-0.15, -0.1) is 0 Å². The lowest BCUT2D eigenvalue weighted by molar-refractivity contribution is -0.140. The van der Waals surface area contributed by atoms with Gasteiger partial charge in [0, 0.05) is 23.0 Å². The molecular formula is C30H28ClN3O4. The molecule has 5 rings (SSSR count). The highest BCUT2D eigenvalue weighted by Gasteiger charge is 2.42. The van der Waals surface area contributed by atoms with Gasteiger partial charge in [-0.05, 0) is 66.9 Å². The number of nitrogens with zero attached hydrogens (tertiary/aromatic N) is 1. The number of carbonyl (C=O) groups excluding carboxylic acids is 3. The van der Waals surface area contributed by atoms with Crippen molar-refractivity contribution in [2.75, 3.05) is 10.6 Å². The Morgan fingerprint density at radius 2 is 1.50 bits per heavy atom. The molecule has 0 saturated heterocycles. The van der Waals surface area contributed by atoms with E-state index in [4.69, 9.17) is 16.3 Å². The summed E-state index contributed by atoms with van der Waals surface area (Å²) in [6, 6.07) is 23.6. The highest BCUT2D eigenvalue weighted by Crippen LogP contribution is 2.32. The van der Waals surface area contributed by atoms with Crippen LogP contribution in [0.1, 0.15) is 48.0 Å². The van der Waals surface area contributed by atoms with E-state index < -0.39 is 11.8 Å². The third-order valence-corrected chi connectivity index (χ3v) is 7.13. The van der Waals surface area contributed by atoms with Crippen LogP contribution in [-0.2, 0) is 16.2 Å². The lowest BCUT2D eigenvalue weighted by atomic mass is 9.94. The first-order valence-electron chi connectivity index (χ1n) is 12.7. The van der Waals surface area contributed by atoms with Crippen LogP contribution in [0.15, 0.2) is 89.6 Å². The van der Waals surface area contributed by atoms with Gasteiger partial charge < -0.3 is 15.4 Å². The summed E-state index contributed by atoms with van der Waals surface area (Å²) < 4.78 is 5.79. The molecule has 1 aliphatic heterocycles. The molecule has 1 heterocycles. The first-order chi connectivity index (χ1) is 18.5. The molecule has 0 atom stereocenters. The van der Waals surface area contributed by atoms with Crippen molar-refractivity contribution in [1.82, 2.24) is 4.90 Å². The van der Waals surface area contributed by atoms with E-state index in [2.05, 4.69) is 10.6 Å². The van der Waals surface area contributed by atoms with E-state index in [-0.39, 0.29) is 22.7 Å². The van der Waals surface area contributed by atoms with Crippen LogP contribution in [0.3, 0.4) is 0 Å². The number of imide groups is 1. The predicted octanol–water partition coefficient (Wildman–Crippen LogP) is 6.08. The van der Waals surface area contributed by atoms with E-state index in [9.17, 15) is 14.4 Å². The zero-order valence-electron chi connectivity index (χ0n) is 20.8. The molecule has 38 heavy (non-hydrogen) atoms. The molecule has 194 valence electrons. The number of benzene rings is 3. The van der Waals surface area contributed by atoms with Gasteiger partial charge in [0.1, 0.15) is 23.1 Å². The summed E-state index contributed by atoms with van der Waals surface area (Å²) >= 11 is 6.25. The summed E-state index contributed by atoms with van der Waals surface area (Å²) in [5, 5.41) is 5.74. The number of carbonyl (C=O) groups is 3. The van der Waals surface area contributed by atoms with Crippen molar-refractivity contribution in [3.63, 3.8) is 0 Å². The summed E-state index contributed by atoms with van der Waals surface area (Å²) in [5.41, 5.74) is 2.79. The van der Waals surface area contributed by atoms with Gasteiger partial charge in [0.05, 0.1) is 0 Å². The van der Waals surface area contributed by atoms with Crippen molar-refractivity contribution in [3.8, 4) is 5.75 Å². The normalized spacial score (nSPS) is 16.1. The van der Waals surface area contributed by atoms with Crippen LogP contribution in [0.5, 0.6) is 5.75 Å². The highest BCUT2D eigenvalue weighted by atomic mass is 35.5. The van der Waals surface area contributed by atoms with Gasteiger partial charge in [-0.3, -0.25) is 19.3 Å². The third-order valence-electron chi connectivity index (χ3n) is 6.78.